The summed E-state index contributed by atoms with van der Waals surface area (Å²) in [5.74, 6) is 0.435. The van der Waals surface area contributed by atoms with Crippen LogP contribution in [0.3, 0.4) is 0 Å². The minimum atomic E-state index is 0. The molecule has 0 saturated heterocycles. The third-order valence-electron chi connectivity index (χ3n) is 0.911. The average molecular weight is 78.0 g/mol. The minimum absolute atomic E-state index is 0. The second-order valence-corrected chi connectivity index (χ2v) is 1.39. The number of hydrogen-bond acceptors (Lipinski definition) is 1. The molecule has 0 N–H and O–H groups in total. The molecule has 1 nitrogen and oxygen atoms in total. The van der Waals surface area contributed by atoms with Crippen LogP contribution >= 0.6 is 0 Å². The first-order valence-electron chi connectivity index (χ1n) is 1.91. The summed E-state index contributed by atoms with van der Waals surface area (Å²) in [4.78, 5) is 9.90. The fourth-order valence-electron chi connectivity index (χ4n) is 0.321. The van der Waals surface area contributed by atoms with Gasteiger partial charge in [-0.1, -0.05) is 0 Å². The van der Waals surface area contributed by atoms with Crippen molar-refractivity contribution in [3.63, 3.8) is 0 Å². The van der Waals surface area contributed by atoms with Crippen LogP contribution in [-0.2, 0) is 4.79 Å². The van der Waals surface area contributed by atoms with Crippen LogP contribution in [0.4, 0.5) is 0 Å². The van der Waals surface area contributed by atoms with E-state index in [9.17, 15) is 4.79 Å². The van der Waals surface area contributed by atoms with Crippen molar-refractivity contribution < 1.29 is 4.79 Å². The van der Waals surface area contributed by atoms with E-state index in [1.807, 2.05) is 0 Å². The number of rotatable bonds is 0. The van der Waals surface area contributed by atoms with Crippen LogP contribution in [0.25, 0.3) is 0 Å². The van der Waals surface area contributed by atoms with Crippen molar-refractivity contribution in [3.8, 4) is 0 Å². The van der Waals surface area contributed by atoms with E-state index in [4.69, 9.17) is 0 Å². The summed E-state index contributed by atoms with van der Waals surface area (Å²) >= 11 is 0. The topological polar surface area (TPSA) is 17.1 Å². The molecule has 0 heterocycles. The van der Waals surface area contributed by atoms with Crippen molar-refractivity contribution in [3.05, 3.63) is 0 Å². The van der Waals surface area contributed by atoms with Crippen LogP contribution < -0.4 is 0 Å². The van der Waals surface area contributed by atoms with Gasteiger partial charge in [-0.2, -0.15) is 0 Å². The molecule has 1 aliphatic rings. The van der Waals surface area contributed by atoms with Gasteiger partial charge in [0.25, 0.3) is 0 Å². The summed E-state index contributed by atoms with van der Waals surface area (Å²) < 4.78 is 0. The molecule has 0 bridgehead atoms. The Kier molecular flexibility index (Phi) is 2.55. The van der Waals surface area contributed by atoms with Crippen molar-refractivity contribution in [2.45, 2.75) is 19.3 Å². The average Bonchev–Trinajstić information content (AvgIpc) is 1.30. The normalized spacial score (nSPS) is 18.3. The van der Waals surface area contributed by atoms with Gasteiger partial charge in [0.1, 0.15) is 5.78 Å². The predicted octanol–water partition coefficient (Wildman–Crippen LogP) is 0.0909. The van der Waals surface area contributed by atoms with E-state index in [1.165, 1.54) is 0 Å². The molecule has 0 amide bonds. The molecule has 0 aromatic heterocycles. The molecule has 1 saturated carbocycles. The van der Waals surface area contributed by atoms with Gasteiger partial charge in [0.15, 0.2) is 0 Å². The first kappa shape index (κ1) is 6.27. The standard InChI is InChI=1S/C4H6O.Li.H/c5-4-2-1-3-4;;/h1-3H2;;. The van der Waals surface area contributed by atoms with E-state index in [0.29, 0.717) is 5.78 Å². The summed E-state index contributed by atoms with van der Waals surface area (Å²) in [5, 5.41) is 0. The molecule has 2 heteroatoms. The molecule has 6 heavy (non-hydrogen) atoms. The Morgan fingerprint density at radius 1 is 1.33 bits per heavy atom. The van der Waals surface area contributed by atoms with Crippen LogP contribution in [0.5, 0.6) is 0 Å². The number of Topliss-reactive ketones (excluding diaryl/α,β-unsaturated/α-hetero) is 1. The van der Waals surface area contributed by atoms with Gasteiger partial charge in [0, 0.05) is 12.8 Å². The molecule has 0 aromatic carbocycles. The van der Waals surface area contributed by atoms with E-state index < -0.39 is 0 Å². The van der Waals surface area contributed by atoms with Crippen molar-refractivity contribution in [2.24, 2.45) is 0 Å². The second kappa shape index (κ2) is 2.44. The summed E-state index contributed by atoms with van der Waals surface area (Å²) in [6.45, 7) is 0. The molecule has 30 valence electrons. The Hall–Kier alpha value is 0.267. The Bertz CT molecular complexity index is 54.6. The summed E-state index contributed by atoms with van der Waals surface area (Å²) in [7, 11) is 0. The zero-order valence-electron chi connectivity index (χ0n) is 3.03. The molecule has 0 aromatic rings. The number of carbonyl (C=O) groups is 1. The number of ketones is 1. The van der Waals surface area contributed by atoms with E-state index in [-0.39, 0.29) is 18.9 Å². The van der Waals surface area contributed by atoms with E-state index in [1.54, 1.807) is 0 Å². The SMILES string of the molecule is O=C1CCC1.[LiH]. The van der Waals surface area contributed by atoms with E-state index in [2.05, 4.69) is 0 Å². The van der Waals surface area contributed by atoms with Gasteiger partial charge in [-0.15, -0.1) is 0 Å². The Balaban J connectivity index is 0.000000250. The van der Waals surface area contributed by atoms with Crippen molar-refractivity contribution >= 4 is 24.6 Å². The molecule has 0 aliphatic heterocycles. The van der Waals surface area contributed by atoms with Gasteiger partial charge < -0.3 is 0 Å². The van der Waals surface area contributed by atoms with Crippen LogP contribution in [0.2, 0.25) is 0 Å². The van der Waals surface area contributed by atoms with Gasteiger partial charge in [-0.25, -0.2) is 0 Å². The summed E-state index contributed by atoms with van der Waals surface area (Å²) in [6, 6.07) is 0. The van der Waals surface area contributed by atoms with Gasteiger partial charge in [0.05, 0.1) is 0 Å². The van der Waals surface area contributed by atoms with Crippen LogP contribution in [0.1, 0.15) is 19.3 Å². The van der Waals surface area contributed by atoms with Gasteiger partial charge in [-0.3, -0.25) is 4.79 Å². The Labute approximate surface area is 49.3 Å². The van der Waals surface area contributed by atoms with Gasteiger partial charge in [0.2, 0.25) is 0 Å². The van der Waals surface area contributed by atoms with Crippen molar-refractivity contribution in [2.75, 3.05) is 0 Å². The molecular formula is C4H7LiO. The Morgan fingerprint density at radius 2 is 1.67 bits per heavy atom. The summed E-state index contributed by atoms with van der Waals surface area (Å²) in [5.41, 5.74) is 0. The fourth-order valence-corrected chi connectivity index (χ4v) is 0.321. The molecule has 0 spiro atoms. The molecule has 1 fully saturated rings. The maximum atomic E-state index is 9.90. The van der Waals surface area contributed by atoms with E-state index >= 15 is 0 Å². The summed E-state index contributed by atoms with van der Waals surface area (Å²) in [6.07, 6.45) is 2.83. The Morgan fingerprint density at radius 3 is 1.67 bits per heavy atom. The number of carbonyl (C=O) groups excluding carboxylic acids is 1. The molecule has 1 rings (SSSR count). The maximum absolute atomic E-state index is 9.90. The van der Waals surface area contributed by atoms with Gasteiger partial charge in [-0.05, 0) is 6.42 Å². The fraction of sp³-hybridized carbons (Fsp3) is 0.750. The predicted molar refractivity (Wildman–Crippen MR) is 26.0 cm³/mol. The van der Waals surface area contributed by atoms with Crippen LogP contribution in [-0.4, -0.2) is 24.6 Å². The number of hydrogen-bond donors (Lipinski definition) is 0. The van der Waals surface area contributed by atoms with Crippen molar-refractivity contribution in [1.29, 1.82) is 0 Å². The molecule has 0 atom stereocenters. The first-order chi connectivity index (χ1) is 2.39. The zero-order chi connectivity index (χ0) is 3.70. The second-order valence-electron chi connectivity index (χ2n) is 1.39. The van der Waals surface area contributed by atoms with Crippen LogP contribution in [0, 0.1) is 0 Å². The van der Waals surface area contributed by atoms with Crippen LogP contribution in [0.15, 0.2) is 0 Å². The van der Waals surface area contributed by atoms with Crippen molar-refractivity contribution in [1.82, 2.24) is 0 Å². The molecule has 0 unspecified atom stereocenters. The molecular weight excluding hydrogens is 71.0 g/mol. The first-order valence-corrected chi connectivity index (χ1v) is 1.91. The van der Waals surface area contributed by atoms with Gasteiger partial charge >= 0.3 is 18.9 Å². The zero-order valence-corrected chi connectivity index (χ0v) is 3.03. The van der Waals surface area contributed by atoms with E-state index in [0.717, 1.165) is 19.3 Å². The third-order valence-corrected chi connectivity index (χ3v) is 0.911. The monoisotopic (exact) mass is 78.1 g/mol. The third kappa shape index (κ3) is 1.16. The quantitative estimate of drug-likeness (QED) is 0.375. The molecule has 1 aliphatic carbocycles. The molecule has 0 radical (unpaired) electrons.